The number of carboxylic acid groups (broad SMARTS) is 2. The quantitative estimate of drug-likeness (QED) is 0.381. The van der Waals surface area contributed by atoms with Crippen LogP contribution in [0.5, 0.6) is 0 Å². The molecule has 7 atom stereocenters. The number of amides is 1. The SMILES string of the molecule is CC(C)[C@H](NC[C@H]1OCC[C@H]1SC1=C(C(=O)O)N2C(=O)[C@H]([C@@H](C)O)C2[C@H]1C)C(=O)O. The number of nitrogens with zero attached hydrogens (tertiary/aromatic N) is 1. The van der Waals surface area contributed by atoms with Crippen LogP contribution in [0.3, 0.4) is 0 Å². The highest BCUT2D eigenvalue weighted by Crippen LogP contribution is 2.52. The van der Waals surface area contributed by atoms with E-state index in [4.69, 9.17) is 4.74 Å². The Morgan fingerprint density at radius 3 is 2.50 bits per heavy atom. The van der Waals surface area contributed by atoms with Crippen LogP contribution in [0, 0.1) is 17.8 Å². The molecule has 1 amide bonds. The number of nitrogens with one attached hydrogen (secondary N) is 1. The van der Waals surface area contributed by atoms with Crippen molar-refractivity contribution in [3.8, 4) is 0 Å². The molecule has 10 heteroatoms. The molecule has 0 bridgehead atoms. The summed E-state index contributed by atoms with van der Waals surface area (Å²) >= 11 is 1.41. The van der Waals surface area contributed by atoms with Crippen molar-refractivity contribution in [3.63, 3.8) is 0 Å². The van der Waals surface area contributed by atoms with Crippen LogP contribution in [-0.4, -0.2) is 80.8 Å². The summed E-state index contributed by atoms with van der Waals surface area (Å²) in [5, 5.41) is 32.1. The Labute approximate surface area is 179 Å². The molecule has 0 saturated carbocycles. The van der Waals surface area contributed by atoms with Crippen molar-refractivity contribution in [1.29, 1.82) is 0 Å². The van der Waals surface area contributed by atoms with Gasteiger partial charge in [0, 0.05) is 29.2 Å². The fourth-order valence-electron chi connectivity index (χ4n) is 4.65. The van der Waals surface area contributed by atoms with Crippen LogP contribution in [0.15, 0.2) is 10.6 Å². The summed E-state index contributed by atoms with van der Waals surface area (Å²) < 4.78 is 5.80. The maximum absolute atomic E-state index is 12.5. The molecule has 9 nitrogen and oxygen atoms in total. The van der Waals surface area contributed by atoms with Crippen LogP contribution >= 0.6 is 11.8 Å². The van der Waals surface area contributed by atoms with Crippen LogP contribution in [0.4, 0.5) is 0 Å². The first-order chi connectivity index (χ1) is 14.1. The van der Waals surface area contributed by atoms with Crippen molar-refractivity contribution < 1.29 is 34.4 Å². The zero-order valence-corrected chi connectivity index (χ0v) is 18.4. The molecule has 0 aromatic heterocycles. The molecular weight excluding hydrogens is 412 g/mol. The number of hydrogen-bond acceptors (Lipinski definition) is 7. The largest absolute Gasteiger partial charge is 0.480 e. The van der Waals surface area contributed by atoms with E-state index in [0.717, 1.165) is 0 Å². The average Bonchev–Trinajstić information content (AvgIpc) is 3.16. The predicted molar refractivity (Wildman–Crippen MR) is 110 cm³/mol. The second-order valence-electron chi connectivity index (χ2n) is 8.59. The highest BCUT2D eigenvalue weighted by molar-refractivity contribution is 8.03. The summed E-state index contributed by atoms with van der Waals surface area (Å²) in [6.07, 6.45) is -0.393. The van der Waals surface area contributed by atoms with E-state index >= 15 is 0 Å². The highest BCUT2D eigenvalue weighted by atomic mass is 32.2. The van der Waals surface area contributed by atoms with Gasteiger partial charge in [0.15, 0.2) is 0 Å². The number of rotatable bonds is 9. The molecule has 4 N–H and O–H groups in total. The summed E-state index contributed by atoms with van der Waals surface area (Å²) in [4.78, 5) is 37.8. The van der Waals surface area contributed by atoms with Crippen molar-refractivity contribution in [2.45, 2.75) is 63.7 Å². The van der Waals surface area contributed by atoms with Crippen LogP contribution in [-0.2, 0) is 19.1 Å². The first-order valence-corrected chi connectivity index (χ1v) is 11.2. The zero-order valence-electron chi connectivity index (χ0n) is 17.6. The van der Waals surface area contributed by atoms with E-state index in [2.05, 4.69) is 5.32 Å². The maximum atomic E-state index is 12.5. The Morgan fingerprint density at radius 2 is 1.97 bits per heavy atom. The Morgan fingerprint density at radius 1 is 1.30 bits per heavy atom. The molecule has 3 aliphatic heterocycles. The van der Waals surface area contributed by atoms with E-state index < -0.39 is 30.0 Å². The molecule has 0 radical (unpaired) electrons. The fraction of sp³-hybridized carbons (Fsp3) is 0.750. The van der Waals surface area contributed by atoms with Gasteiger partial charge in [0.1, 0.15) is 11.7 Å². The third kappa shape index (κ3) is 3.98. The van der Waals surface area contributed by atoms with Crippen LogP contribution in [0.2, 0.25) is 0 Å². The molecule has 30 heavy (non-hydrogen) atoms. The number of aliphatic carboxylic acids is 2. The number of carbonyl (C=O) groups is 3. The summed E-state index contributed by atoms with van der Waals surface area (Å²) in [5.74, 6) is -3.29. The molecule has 0 aromatic carbocycles. The number of fused-ring (bicyclic) bond motifs is 1. The number of thioether (sulfide) groups is 1. The Balaban J connectivity index is 1.75. The number of aliphatic hydroxyl groups is 1. The van der Waals surface area contributed by atoms with E-state index in [0.29, 0.717) is 24.5 Å². The Bertz CT molecular complexity index is 753. The standard InChI is InChI=1S/C20H30N2O7S/c1-8(2)14(19(25)26)21-7-11-12(5-6-29-11)30-17-9(3)15-13(10(4)23)18(24)22(15)16(17)20(27)28/h8-15,21,23H,5-7H2,1-4H3,(H,25,26)(H,27,28)/t9-,10-,11-,12-,13-,14+,15?/m1/s1. The van der Waals surface area contributed by atoms with E-state index in [-0.39, 0.29) is 40.8 Å². The van der Waals surface area contributed by atoms with Crippen molar-refractivity contribution in [3.05, 3.63) is 10.6 Å². The van der Waals surface area contributed by atoms with E-state index in [9.17, 15) is 29.7 Å². The lowest BCUT2D eigenvalue weighted by Gasteiger charge is -2.46. The summed E-state index contributed by atoms with van der Waals surface area (Å²) in [6.45, 7) is 7.96. The fourth-order valence-corrected chi connectivity index (χ4v) is 6.17. The first kappa shape index (κ1) is 23.1. The van der Waals surface area contributed by atoms with Crippen LogP contribution in [0.1, 0.15) is 34.1 Å². The molecule has 2 saturated heterocycles. The van der Waals surface area contributed by atoms with Gasteiger partial charge >= 0.3 is 11.9 Å². The molecule has 0 aromatic rings. The normalized spacial score (nSPS) is 32.9. The number of carbonyl (C=O) groups excluding carboxylic acids is 1. The summed E-state index contributed by atoms with van der Waals surface area (Å²) in [5.41, 5.74) is 0.00334. The topological polar surface area (TPSA) is 136 Å². The number of β-lactam (4-membered cyclic amide) rings is 1. The van der Waals surface area contributed by atoms with E-state index in [1.54, 1.807) is 6.92 Å². The van der Waals surface area contributed by atoms with Gasteiger partial charge in [-0.1, -0.05) is 20.8 Å². The Hall–Kier alpha value is -1.62. The molecule has 0 spiro atoms. The van der Waals surface area contributed by atoms with Gasteiger partial charge in [-0.15, -0.1) is 11.8 Å². The minimum atomic E-state index is -1.15. The molecule has 3 aliphatic rings. The minimum Gasteiger partial charge on any atom is -0.480 e. The third-order valence-corrected chi connectivity index (χ3v) is 7.87. The van der Waals surface area contributed by atoms with Gasteiger partial charge in [-0.05, 0) is 19.3 Å². The lowest BCUT2D eigenvalue weighted by Crippen LogP contribution is -2.63. The molecule has 168 valence electrons. The van der Waals surface area contributed by atoms with E-state index in [1.807, 2.05) is 20.8 Å². The lowest BCUT2D eigenvalue weighted by atomic mass is 9.79. The third-order valence-electron chi connectivity index (χ3n) is 6.21. The van der Waals surface area contributed by atoms with Gasteiger partial charge in [-0.2, -0.15) is 0 Å². The van der Waals surface area contributed by atoms with Crippen LogP contribution in [0.25, 0.3) is 0 Å². The summed E-state index contributed by atoms with van der Waals surface area (Å²) in [7, 11) is 0. The van der Waals surface area contributed by atoms with Crippen molar-refractivity contribution in [2.75, 3.05) is 13.2 Å². The zero-order chi connectivity index (χ0) is 22.3. The predicted octanol–water partition coefficient (Wildman–Crippen LogP) is 0.730. The highest BCUT2D eigenvalue weighted by Gasteiger charge is 2.60. The van der Waals surface area contributed by atoms with E-state index in [1.165, 1.54) is 16.7 Å². The number of carboxylic acids is 2. The average molecular weight is 443 g/mol. The number of hydrogen-bond donors (Lipinski definition) is 4. The molecule has 0 aliphatic carbocycles. The van der Waals surface area contributed by atoms with Crippen molar-refractivity contribution >= 4 is 29.6 Å². The Kier molecular flexibility index (Phi) is 6.81. The van der Waals surface area contributed by atoms with Crippen molar-refractivity contribution in [2.24, 2.45) is 17.8 Å². The van der Waals surface area contributed by atoms with Gasteiger partial charge in [0.2, 0.25) is 5.91 Å². The van der Waals surface area contributed by atoms with Gasteiger partial charge in [0.05, 0.1) is 24.2 Å². The molecule has 3 heterocycles. The first-order valence-electron chi connectivity index (χ1n) is 10.3. The number of ether oxygens (including phenoxy) is 1. The van der Waals surface area contributed by atoms with Gasteiger partial charge in [-0.3, -0.25) is 9.59 Å². The second-order valence-corrected chi connectivity index (χ2v) is 9.88. The maximum Gasteiger partial charge on any atom is 0.353 e. The molecule has 1 unspecified atom stereocenters. The minimum absolute atomic E-state index is 0.00334. The van der Waals surface area contributed by atoms with Crippen LogP contribution < -0.4 is 5.32 Å². The second kappa shape index (κ2) is 8.86. The number of aliphatic hydroxyl groups excluding tert-OH is 1. The van der Waals surface area contributed by atoms with Gasteiger partial charge in [-0.25, -0.2) is 4.79 Å². The van der Waals surface area contributed by atoms with Crippen molar-refractivity contribution in [1.82, 2.24) is 10.2 Å². The summed E-state index contributed by atoms with van der Waals surface area (Å²) in [6, 6.07) is -1.03. The van der Waals surface area contributed by atoms with Gasteiger partial charge in [0.25, 0.3) is 0 Å². The smallest absolute Gasteiger partial charge is 0.353 e. The molecule has 2 fully saturated rings. The monoisotopic (exact) mass is 442 g/mol. The molecule has 3 rings (SSSR count). The lowest BCUT2D eigenvalue weighted by molar-refractivity contribution is -0.163. The van der Waals surface area contributed by atoms with Gasteiger partial charge < -0.3 is 30.3 Å². The molecular formula is C20H30N2O7S.